The van der Waals surface area contributed by atoms with Crippen LogP contribution in [-0.4, -0.2) is 148 Å². The van der Waals surface area contributed by atoms with Crippen LogP contribution >= 0.6 is 0 Å². The first-order chi connectivity index (χ1) is 39.6. The number of amides is 5. The Morgan fingerprint density at radius 2 is 1.71 bits per heavy atom. The van der Waals surface area contributed by atoms with Crippen molar-refractivity contribution < 1.29 is 38.6 Å². The first-order valence-electron chi connectivity index (χ1n) is 28.5. The zero-order valence-electron chi connectivity index (χ0n) is 47.4. The molecule has 0 radical (unpaired) electrons. The number of aryl methyl sites for hydroxylation is 1. The molecule has 20 nitrogen and oxygen atoms in total. The number of aliphatic carboxylic acids is 1. The number of carboxylic acid groups (broad SMARTS) is 1. The van der Waals surface area contributed by atoms with Crippen molar-refractivity contribution >= 4 is 63.2 Å². The monoisotopic (exact) mass is 1120 g/mol. The normalized spacial score (nSPS) is 18.0. The number of ether oxygens (including phenoxy) is 2. The standard InChI is InChI=1S/C62H73N11O9/c1-6-82-38-62(36-42-14-15-42,44-12-8-7-9-13-44)56-47-34-43(48-37-69(4)58(79)55-46(48)20-27-63-55)17-18-49(47)67-59(68-56)71-28-21-45(22-29-71)70-31-24-61(3,25-32-70)65-26-10-11-41-16-19-52(81-5)51(33-41)72-30-23-53(75)73(60(72)80)39-64-57(78)50(35-54(76)77)66-40(2)74/h7-9,12-13,16-20,27,33-34,37,42,45,50,63,65H,6,14-15,21-26,28-32,35-36,38-39H2,1-5H3,(H,64,78)(H,66,74)(H,76,77)/t50-,62+/m0/s1. The molecule has 1 aliphatic carbocycles. The fourth-order valence-corrected chi connectivity index (χ4v) is 12.1. The molecule has 0 unspecified atom stereocenters. The van der Waals surface area contributed by atoms with Crippen molar-refractivity contribution in [3.05, 3.63) is 112 Å². The second-order valence-electron chi connectivity index (χ2n) is 22.5. The molecule has 3 aliphatic heterocycles. The Morgan fingerprint density at radius 3 is 2.41 bits per heavy atom. The minimum absolute atomic E-state index is 0.0421. The maximum absolute atomic E-state index is 13.8. The lowest BCUT2D eigenvalue weighted by Gasteiger charge is -2.45. The molecule has 2 atom stereocenters. The van der Waals surface area contributed by atoms with Gasteiger partial charge in [0.15, 0.2) is 0 Å². The van der Waals surface area contributed by atoms with Crippen LogP contribution < -0.4 is 36.0 Å². The van der Waals surface area contributed by atoms with Crippen LogP contribution in [0.4, 0.5) is 16.4 Å². The number of nitrogens with one attached hydrogen (secondary N) is 4. The number of anilines is 2. The molecule has 20 heteroatoms. The number of carboxylic acids is 1. The van der Waals surface area contributed by atoms with Crippen LogP contribution in [0.2, 0.25) is 0 Å². The van der Waals surface area contributed by atoms with Crippen LogP contribution in [0.15, 0.2) is 90.0 Å². The Hall–Kier alpha value is -8.12. The molecule has 0 bridgehead atoms. The third kappa shape index (κ3) is 12.4. The number of hydrogen-bond donors (Lipinski definition) is 5. The number of imide groups is 1. The molecular formula is C62H73N11O9. The Bertz CT molecular complexity index is 3480. The molecule has 10 rings (SSSR count). The van der Waals surface area contributed by atoms with E-state index in [2.05, 4.69) is 105 Å². The fraction of sp³-hybridized carbons (Fsp3) is 0.452. The summed E-state index contributed by atoms with van der Waals surface area (Å²) in [6.07, 6.45) is 10.2. The summed E-state index contributed by atoms with van der Waals surface area (Å²) in [6, 6.07) is 22.8. The van der Waals surface area contributed by atoms with E-state index in [0.717, 1.165) is 109 Å². The molecule has 5 amide bonds. The lowest BCUT2D eigenvalue weighted by atomic mass is 9.72. The molecule has 4 fully saturated rings. The van der Waals surface area contributed by atoms with Crippen LogP contribution in [0.25, 0.3) is 32.9 Å². The van der Waals surface area contributed by atoms with Crippen molar-refractivity contribution in [2.75, 3.05) is 76.1 Å². The van der Waals surface area contributed by atoms with Gasteiger partial charge in [-0.3, -0.25) is 28.9 Å². The fourth-order valence-electron chi connectivity index (χ4n) is 12.1. The van der Waals surface area contributed by atoms with E-state index in [9.17, 15) is 33.9 Å². The number of methoxy groups -OCH3 is 1. The van der Waals surface area contributed by atoms with E-state index in [1.165, 1.54) is 30.4 Å². The average molecular weight is 1120 g/mol. The van der Waals surface area contributed by atoms with E-state index in [1.807, 2.05) is 18.5 Å². The number of nitrogens with zero attached hydrogens (tertiary/aromatic N) is 7. The van der Waals surface area contributed by atoms with Gasteiger partial charge in [0, 0.05) is 106 Å². The number of hydrogen-bond acceptors (Lipinski definition) is 13. The number of likely N-dealkylation sites (tertiary alicyclic amines) is 1. The highest BCUT2D eigenvalue weighted by Gasteiger charge is 2.44. The van der Waals surface area contributed by atoms with E-state index in [4.69, 9.17) is 19.4 Å². The first-order valence-corrected chi connectivity index (χ1v) is 28.5. The van der Waals surface area contributed by atoms with Crippen LogP contribution in [0.1, 0.15) is 95.4 Å². The predicted molar refractivity (Wildman–Crippen MR) is 313 cm³/mol. The maximum Gasteiger partial charge on any atom is 0.332 e. The van der Waals surface area contributed by atoms with E-state index in [0.29, 0.717) is 54.2 Å². The number of H-pyrrole nitrogens is 1. The van der Waals surface area contributed by atoms with Crippen LogP contribution in [-0.2, 0) is 36.4 Å². The second kappa shape index (κ2) is 24.5. The Morgan fingerprint density at radius 1 is 0.939 bits per heavy atom. The molecule has 1 saturated carbocycles. The highest BCUT2D eigenvalue weighted by atomic mass is 16.5. The number of urea groups is 1. The van der Waals surface area contributed by atoms with Gasteiger partial charge in [-0.15, -0.1) is 0 Å². The smallest absolute Gasteiger partial charge is 0.332 e. The summed E-state index contributed by atoms with van der Waals surface area (Å²) in [5, 5.41) is 19.5. The molecule has 3 saturated heterocycles. The molecule has 4 aliphatic rings. The van der Waals surface area contributed by atoms with Gasteiger partial charge in [-0.25, -0.2) is 19.7 Å². The van der Waals surface area contributed by atoms with Crippen molar-refractivity contribution in [2.45, 2.75) is 102 Å². The highest BCUT2D eigenvalue weighted by molar-refractivity contribution is 6.07. The number of rotatable bonds is 20. The average Bonchev–Trinajstić information content (AvgIpc) is 3.97. The van der Waals surface area contributed by atoms with Crippen molar-refractivity contribution in [1.82, 2.24) is 45.3 Å². The van der Waals surface area contributed by atoms with E-state index in [1.54, 1.807) is 29.8 Å². The molecule has 5 N–H and O–H groups in total. The summed E-state index contributed by atoms with van der Waals surface area (Å²) in [5.74, 6) is 4.91. The third-order valence-electron chi connectivity index (χ3n) is 16.8. The number of carbonyl (C=O) groups is 5. The van der Waals surface area contributed by atoms with Gasteiger partial charge in [0.25, 0.3) is 5.56 Å². The van der Waals surface area contributed by atoms with E-state index < -0.39 is 54.3 Å². The summed E-state index contributed by atoms with van der Waals surface area (Å²) < 4.78 is 13.7. The lowest BCUT2D eigenvalue weighted by molar-refractivity contribution is -0.141. The van der Waals surface area contributed by atoms with Gasteiger partial charge in [-0.05, 0) is 99.4 Å². The molecule has 3 aromatic heterocycles. The molecular weight excluding hydrogens is 1040 g/mol. The van der Waals surface area contributed by atoms with Crippen molar-refractivity contribution in [3.63, 3.8) is 0 Å². The van der Waals surface area contributed by atoms with Gasteiger partial charge in [0.2, 0.25) is 23.7 Å². The predicted octanol–water partition coefficient (Wildman–Crippen LogP) is 6.28. The summed E-state index contributed by atoms with van der Waals surface area (Å²) in [7, 11) is 3.27. The second-order valence-corrected chi connectivity index (χ2v) is 22.5. The Labute approximate surface area is 476 Å². The van der Waals surface area contributed by atoms with Gasteiger partial charge < -0.3 is 49.9 Å². The van der Waals surface area contributed by atoms with Gasteiger partial charge in [0.05, 0.1) is 49.0 Å². The number of pyridine rings is 1. The van der Waals surface area contributed by atoms with Crippen molar-refractivity contribution in [2.24, 2.45) is 13.0 Å². The SMILES string of the molecule is CCOC[C@](CC1CC1)(c1ccccc1)c1nc(N2CCC(N3CCC(C)(NCC#Cc4ccc(OC)c(N5CCC(=O)N(CNC(=O)[C@H](CC(=O)O)NC(C)=O)C5=O)c4)CC3)CC2)nc2ccc(-c3cn(C)c(=O)c4[nH]ccc34)cc12. The molecule has 430 valence electrons. The van der Waals surface area contributed by atoms with E-state index in [-0.39, 0.29) is 24.1 Å². The van der Waals surface area contributed by atoms with Gasteiger partial charge >= 0.3 is 12.0 Å². The third-order valence-corrected chi connectivity index (χ3v) is 16.8. The lowest BCUT2D eigenvalue weighted by Crippen LogP contribution is -2.57. The van der Waals surface area contributed by atoms with Gasteiger partial charge in [-0.2, -0.15) is 0 Å². The van der Waals surface area contributed by atoms with Crippen molar-refractivity contribution in [3.8, 4) is 28.7 Å². The summed E-state index contributed by atoms with van der Waals surface area (Å²) >= 11 is 0. The first kappa shape index (κ1) is 57.1. The topological polar surface area (TPSA) is 237 Å². The molecule has 6 heterocycles. The molecule has 82 heavy (non-hydrogen) atoms. The van der Waals surface area contributed by atoms with Crippen LogP contribution in [0, 0.1) is 17.8 Å². The quantitative estimate of drug-likeness (QED) is 0.0529. The summed E-state index contributed by atoms with van der Waals surface area (Å²) in [6.45, 7) is 10.1. The number of aromatic nitrogens is 4. The van der Waals surface area contributed by atoms with Crippen LogP contribution in [0.3, 0.4) is 0 Å². The zero-order valence-corrected chi connectivity index (χ0v) is 47.4. The number of fused-ring (bicyclic) bond motifs is 2. The highest BCUT2D eigenvalue weighted by Crippen LogP contribution is 2.48. The summed E-state index contributed by atoms with van der Waals surface area (Å²) in [4.78, 5) is 97.1. The zero-order chi connectivity index (χ0) is 57.7. The molecule has 3 aromatic carbocycles. The van der Waals surface area contributed by atoms with Crippen LogP contribution in [0.5, 0.6) is 5.75 Å². The van der Waals surface area contributed by atoms with Crippen molar-refractivity contribution in [1.29, 1.82) is 0 Å². The minimum Gasteiger partial charge on any atom is -0.495 e. The molecule has 0 spiro atoms. The maximum atomic E-state index is 13.8. The number of benzene rings is 3. The molecule has 6 aromatic rings. The number of carbonyl (C=O) groups excluding carboxylic acids is 4. The van der Waals surface area contributed by atoms with Gasteiger partial charge in [-0.1, -0.05) is 61.1 Å². The summed E-state index contributed by atoms with van der Waals surface area (Å²) in [5.41, 5.74) is 5.91. The largest absolute Gasteiger partial charge is 0.495 e. The number of aromatic amines is 1. The minimum atomic E-state index is -1.39. The van der Waals surface area contributed by atoms with Gasteiger partial charge in [0.1, 0.15) is 24.0 Å². The Kier molecular flexibility index (Phi) is 17.1. The van der Waals surface area contributed by atoms with E-state index >= 15 is 0 Å². The number of piperidine rings is 2. The Balaban J connectivity index is 0.797.